The van der Waals surface area contributed by atoms with E-state index in [0.29, 0.717) is 11.6 Å². The van der Waals surface area contributed by atoms with Crippen LogP contribution in [-0.4, -0.2) is 25.2 Å². The number of hydrogen-bond donors (Lipinski definition) is 1. The summed E-state index contributed by atoms with van der Waals surface area (Å²) in [6, 6.07) is 9.70. The molecule has 0 saturated heterocycles. The van der Waals surface area contributed by atoms with E-state index in [0.717, 1.165) is 23.3 Å². The first-order chi connectivity index (χ1) is 11.3. The molecule has 0 radical (unpaired) electrons. The number of amides is 1. The number of benzene rings is 1. The van der Waals surface area contributed by atoms with Gasteiger partial charge in [0.2, 0.25) is 5.95 Å². The average Bonchev–Trinajstić information content (AvgIpc) is 3.06. The van der Waals surface area contributed by atoms with Crippen LogP contribution in [0.3, 0.4) is 0 Å². The van der Waals surface area contributed by atoms with E-state index in [-0.39, 0.29) is 11.3 Å². The summed E-state index contributed by atoms with van der Waals surface area (Å²) in [6.07, 6.45) is 0. The lowest BCUT2D eigenvalue weighted by atomic mass is 9.92. The lowest BCUT2D eigenvalue weighted by molar-refractivity contribution is 0.101. The number of nitrogens with one attached hydrogen (secondary N) is 1. The minimum Gasteiger partial charge on any atom is -0.310 e. The van der Waals surface area contributed by atoms with E-state index in [2.05, 4.69) is 36.2 Å². The molecule has 0 fully saturated rings. The summed E-state index contributed by atoms with van der Waals surface area (Å²) in [6.45, 7) is 8.99. The molecule has 0 saturated carbocycles. The molecule has 0 aliphatic carbocycles. The number of anilines is 1. The van der Waals surface area contributed by atoms with Gasteiger partial charge in [-0.1, -0.05) is 32.9 Å². The van der Waals surface area contributed by atoms with Crippen molar-refractivity contribution in [3.8, 4) is 0 Å². The smallest absolute Gasteiger partial charge is 0.276 e. The number of fused-ring (bicyclic) bond motifs is 1. The SMILES string of the molecule is CCn1c(NC(=O)c2cc(C(C)(C)C)nn2C)nc2ccccc21. The van der Waals surface area contributed by atoms with Crippen molar-refractivity contribution in [2.24, 2.45) is 7.05 Å². The highest BCUT2D eigenvalue weighted by Gasteiger charge is 2.22. The number of nitrogens with zero attached hydrogens (tertiary/aromatic N) is 4. The topological polar surface area (TPSA) is 64.7 Å². The molecule has 0 bridgehead atoms. The van der Waals surface area contributed by atoms with Gasteiger partial charge >= 0.3 is 0 Å². The van der Waals surface area contributed by atoms with Gasteiger partial charge in [-0.3, -0.25) is 14.8 Å². The van der Waals surface area contributed by atoms with Crippen LogP contribution in [0.15, 0.2) is 30.3 Å². The van der Waals surface area contributed by atoms with E-state index in [1.165, 1.54) is 0 Å². The van der Waals surface area contributed by atoms with E-state index in [1.807, 2.05) is 41.8 Å². The Kier molecular flexibility index (Phi) is 3.91. The molecule has 6 nitrogen and oxygen atoms in total. The highest BCUT2D eigenvalue weighted by molar-refractivity contribution is 6.03. The van der Waals surface area contributed by atoms with Crippen LogP contribution in [0.5, 0.6) is 0 Å². The van der Waals surface area contributed by atoms with E-state index in [4.69, 9.17) is 0 Å². The Bertz CT molecular complexity index is 898. The predicted octanol–water partition coefficient (Wildman–Crippen LogP) is 3.34. The van der Waals surface area contributed by atoms with Gasteiger partial charge in [-0.05, 0) is 25.1 Å². The zero-order chi connectivity index (χ0) is 17.5. The molecule has 3 rings (SSSR count). The van der Waals surface area contributed by atoms with Gasteiger partial charge in [-0.2, -0.15) is 5.10 Å². The fourth-order valence-corrected chi connectivity index (χ4v) is 2.70. The second kappa shape index (κ2) is 5.78. The number of aromatic nitrogens is 4. The van der Waals surface area contributed by atoms with Crippen LogP contribution in [0, 0.1) is 0 Å². The molecular formula is C18H23N5O. The fourth-order valence-electron chi connectivity index (χ4n) is 2.70. The van der Waals surface area contributed by atoms with Crippen molar-refractivity contribution in [3.05, 3.63) is 41.7 Å². The van der Waals surface area contributed by atoms with E-state index in [9.17, 15) is 4.79 Å². The fraction of sp³-hybridized carbons (Fsp3) is 0.389. The number of para-hydroxylation sites is 2. The van der Waals surface area contributed by atoms with Gasteiger partial charge in [0.05, 0.1) is 16.7 Å². The lowest BCUT2D eigenvalue weighted by Gasteiger charge is -2.13. The first kappa shape index (κ1) is 16.2. The minimum absolute atomic E-state index is 0.104. The predicted molar refractivity (Wildman–Crippen MR) is 95.3 cm³/mol. The Hall–Kier alpha value is -2.63. The molecule has 0 aliphatic heterocycles. The highest BCUT2D eigenvalue weighted by Crippen LogP contribution is 2.23. The van der Waals surface area contributed by atoms with Crippen molar-refractivity contribution >= 4 is 22.9 Å². The van der Waals surface area contributed by atoms with E-state index in [1.54, 1.807) is 11.7 Å². The quantitative estimate of drug-likeness (QED) is 0.803. The summed E-state index contributed by atoms with van der Waals surface area (Å²) in [5, 5.41) is 7.38. The Labute approximate surface area is 141 Å². The Morgan fingerprint density at radius 1 is 1.25 bits per heavy atom. The summed E-state index contributed by atoms with van der Waals surface area (Å²) in [4.78, 5) is 17.2. The molecule has 0 unspecified atom stereocenters. The van der Waals surface area contributed by atoms with Crippen LogP contribution in [0.25, 0.3) is 11.0 Å². The number of hydrogen-bond acceptors (Lipinski definition) is 3. The summed E-state index contributed by atoms with van der Waals surface area (Å²) in [5.41, 5.74) is 3.19. The van der Waals surface area contributed by atoms with Crippen LogP contribution in [-0.2, 0) is 19.0 Å². The molecule has 126 valence electrons. The van der Waals surface area contributed by atoms with Crippen molar-refractivity contribution in [3.63, 3.8) is 0 Å². The number of aryl methyl sites for hydroxylation is 2. The molecule has 0 spiro atoms. The standard InChI is InChI=1S/C18H23N5O/c1-6-23-13-10-8-7-9-12(13)19-17(23)20-16(24)14-11-15(18(2,3)4)21-22(14)5/h7-11H,6H2,1-5H3,(H,19,20,24). The molecule has 1 aromatic carbocycles. The van der Waals surface area contributed by atoms with Gasteiger partial charge in [-0.25, -0.2) is 4.98 Å². The van der Waals surface area contributed by atoms with Gasteiger partial charge in [0.15, 0.2) is 0 Å². The third-order valence-corrected chi connectivity index (χ3v) is 4.08. The molecule has 2 aromatic heterocycles. The number of carbonyl (C=O) groups is 1. The normalized spacial score (nSPS) is 11.9. The third-order valence-electron chi connectivity index (χ3n) is 4.08. The summed E-state index contributed by atoms with van der Waals surface area (Å²) < 4.78 is 3.61. The van der Waals surface area contributed by atoms with Crippen LogP contribution in [0.4, 0.5) is 5.95 Å². The second-order valence-corrected chi connectivity index (χ2v) is 6.91. The largest absolute Gasteiger partial charge is 0.310 e. The molecule has 1 N–H and O–H groups in total. The van der Waals surface area contributed by atoms with Crippen LogP contribution in [0.1, 0.15) is 43.9 Å². The maximum Gasteiger partial charge on any atom is 0.276 e. The lowest BCUT2D eigenvalue weighted by Crippen LogP contribution is -2.18. The van der Waals surface area contributed by atoms with Crippen LogP contribution < -0.4 is 5.32 Å². The molecule has 24 heavy (non-hydrogen) atoms. The van der Waals surface area contributed by atoms with Crippen LogP contribution >= 0.6 is 0 Å². The number of rotatable bonds is 3. The zero-order valence-corrected chi connectivity index (χ0v) is 14.8. The molecule has 0 aliphatic rings. The Morgan fingerprint density at radius 3 is 2.58 bits per heavy atom. The van der Waals surface area contributed by atoms with Crippen molar-refractivity contribution in [1.29, 1.82) is 0 Å². The maximum atomic E-state index is 12.7. The summed E-state index contributed by atoms with van der Waals surface area (Å²) in [7, 11) is 1.78. The summed E-state index contributed by atoms with van der Waals surface area (Å²) in [5.74, 6) is 0.354. The van der Waals surface area contributed by atoms with Crippen molar-refractivity contribution in [2.45, 2.75) is 39.7 Å². The van der Waals surface area contributed by atoms with Crippen molar-refractivity contribution < 1.29 is 4.79 Å². The Morgan fingerprint density at radius 2 is 1.96 bits per heavy atom. The van der Waals surface area contributed by atoms with Crippen molar-refractivity contribution in [2.75, 3.05) is 5.32 Å². The molecule has 3 aromatic rings. The molecule has 1 amide bonds. The van der Waals surface area contributed by atoms with E-state index >= 15 is 0 Å². The molecular weight excluding hydrogens is 302 g/mol. The second-order valence-electron chi connectivity index (χ2n) is 6.91. The minimum atomic E-state index is -0.203. The monoisotopic (exact) mass is 325 g/mol. The first-order valence-electron chi connectivity index (χ1n) is 8.12. The average molecular weight is 325 g/mol. The maximum absolute atomic E-state index is 12.7. The van der Waals surface area contributed by atoms with Crippen molar-refractivity contribution in [1.82, 2.24) is 19.3 Å². The van der Waals surface area contributed by atoms with Gasteiger partial charge < -0.3 is 4.57 Å². The Balaban J connectivity index is 1.95. The van der Waals surface area contributed by atoms with Gasteiger partial charge in [0.25, 0.3) is 5.91 Å². The van der Waals surface area contributed by atoms with Crippen LogP contribution in [0.2, 0.25) is 0 Å². The van der Waals surface area contributed by atoms with E-state index < -0.39 is 0 Å². The molecule has 2 heterocycles. The number of imidazole rings is 1. The zero-order valence-electron chi connectivity index (χ0n) is 14.8. The molecule has 0 atom stereocenters. The van der Waals surface area contributed by atoms with Gasteiger partial charge in [0, 0.05) is 19.0 Å². The first-order valence-corrected chi connectivity index (χ1v) is 8.12. The molecule has 6 heteroatoms. The number of carbonyl (C=O) groups excluding carboxylic acids is 1. The third kappa shape index (κ3) is 2.79. The summed E-state index contributed by atoms with van der Waals surface area (Å²) >= 11 is 0. The highest BCUT2D eigenvalue weighted by atomic mass is 16.2. The van der Waals surface area contributed by atoms with Gasteiger partial charge in [0.1, 0.15) is 5.69 Å². The van der Waals surface area contributed by atoms with Gasteiger partial charge in [-0.15, -0.1) is 0 Å².